The largest absolute Gasteiger partial charge is 0.483 e. The highest BCUT2D eigenvalue weighted by atomic mass is 79.9. The van der Waals surface area contributed by atoms with Crippen LogP contribution >= 0.6 is 15.9 Å². The van der Waals surface area contributed by atoms with Gasteiger partial charge in [-0.2, -0.15) is 0 Å². The Balaban J connectivity index is 1.62. The molecule has 0 saturated carbocycles. The van der Waals surface area contributed by atoms with E-state index in [1.165, 1.54) is 4.90 Å². The smallest absolute Gasteiger partial charge is 0.262 e. The summed E-state index contributed by atoms with van der Waals surface area (Å²) < 4.78 is 6.47. The molecule has 0 bridgehead atoms. The molecule has 0 radical (unpaired) electrons. The minimum atomic E-state index is -0.276. The minimum Gasteiger partial charge on any atom is -0.483 e. The molecule has 138 valence electrons. The summed E-state index contributed by atoms with van der Waals surface area (Å²) in [7, 11) is 3.39. The van der Waals surface area contributed by atoms with Gasteiger partial charge >= 0.3 is 0 Å². The predicted molar refractivity (Wildman–Crippen MR) is 110 cm³/mol. The van der Waals surface area contributed by atoms with Gasteiger partial charge in [-0.25, -0.2) is 0 Å². The van der Waals surface area contributed by atoms with Gasteiger partial charge in [0.15, 0.2) is 6.61 Å². The third kappa shape index (κ3) is 4.46. The fraction of sp³-hybridized carbons (Fsp3) is 0.143. The quantitative estimate of drug-likeness (QED) is 0.660. The van der Waals surface area contributed by atoms with Crippen molar-refractivity contribution in [2.75, 3.05) is 26.0 Å². The van der Waals surface area contributed by atoms with Crippen LogP contribution in [-0.2, 0) is 4.79 Å². The number of nitrogens with one attached hydrogen (secondary N) is 1. The zero-order valence-corrected chi connectivity index (χ0v) is 16.6. The highest BCUT2D eigenvalue weighted by molar-refractivity contribution is 9.10. The molecule has 3 aromatic rings. The second kappa shape index (κ2) is 8.22. The summed E-state index contributed by atoms with van der Waals surface area (Å²) in [5.74, 6) is 0.245. The maximum absolute atomic E-state index is 12.2. The van der Waals surface area contributed by atoms with Crippen molar-refractivity contribution < 1.29 is 14.3 Å². The van der Waals surface area contributed by atoms with Crippen molar-refractivity contribution in [1.82, 2.24) is 4.90 Å². The monoisotopic (exact) mass is 426 g/mol. The molecule has 0 atom stereocenters. The number of nitrogens with zero attached hydrogens (tertiary/aromatic N) is 1. The predicted octanol–water partition coefficient (Wildman–Crippen LogP) is 4.32. The molecule has 0 aliphatic rings. The molecule has 27 heavy (non-hydrogen) atoms. The number of rotatable bonds is 5. The fourth-order valence-electron chi connectivity index (χ4n) is 2.62. The van der Waals surface area contributed by atoms with Gasteiger partial charge in [0, 0.05) is 25.3 Å². The van der Waals surface area contributed by atoms with E-state index in [9.17, 15) is 9.59 Å². The molecule has 0 spiro atoms. The van der Waals surface area contributed by atoms with Crippen molar-refractivity contribution in [2.45, 2.75) is 0 Å². The van der Waals surface area contributed by atoms with E-state index in [1.807, 2.05) is 36.4 Å². The first-order valence-corrected chi connectivity index (χ1v) is 9.16. The molecule has 1 N–H and O–H groups in total. The summed E-state index contributed by atoms with van der Waals surface area (Å²) >= 11 is 3.54. The van der Waals surface area contributed by atoms with Crippen molar-refractivity contribution in [3.63, 3.8) is 0 Å². The van der Waals surface area contributed by atoms with Crippen LogP contribution in [0, 0.1) is 0 Å². The lowest BCUT2D eigenvalue weighted by Crippen LogP contribution is -2.22. The Morgan fingerprint density at radius 2 is 1.70 bits per heavy atom. The number of ether oxygens (including phenoxy) is 1. The number of amides is 2. The molecule has 0 unspecified atom stereocenters. The second-order valence-electron chi connectivity index (χ2n) is 6.21. The number of fused-ring (bicyclic) bond motifs is 1. The number of carbonyl (C=O) groups excluding carboxylic acids is 2. The Morgan fingerprint density at radius 3 is 2.41 bits per heavy atom. The van der Waals surface area contributed by atoms with Crippen LogP contribution in [-0.4, -0.2) is 37.4 Å². The topological polar surface area (TPSA) is 58.6 Å². The van der Waals surface area contributed by atoms with Crippen LogP contribution in [0.25, 0.3) is 10.8 Å². The molecule has 0 saturated heterocycles. The molecular formula is C21H19BrN2O3. The van der Waals surface area contributed by atoms with Crippen LogP contribution < -0.4 is 10.1 Å². The summed E-state index contributed by atoms with van der Waals surface area (Å²) in [6.45, 7) is -0.116. The van der Waals surface area contributed by atoms with Gasteiger partial charge in [-0.15, -0.1) is 0 Å². The molecule has 2 amide bonds. The molecule has 3 rings (SSSR count). The summed E-state index contributed by atoms with van der Waals surface area (Å²) in [6, 6.07) is 18.5. The normalized spacial score (nSPS) is 10.5. The number of benzene rings is 3. The van der Waals surface area contributed by atoms with Gasteiger partial charge in [0.1, 0.15) is 5.75 Å². The number of hydrogen-bond acceptors (Lipinski definition) is 3. The summed E-state index contributed by atoms with van der Waals surface area (Å²) in [5.41, 5.74) is 1.17. The van der Waals surface area contributed by atoms with Crippen molar-refractivity contribution in [2.24, 2.45) is 0 Å². The fourth-order valence-corrected chi connectivity index (χ4v) is 3.23. The van der Waals surface area contributed by atoms with Crippen molar-refractivity contribution >= 4 is 44.2 Å². The zero-order chi connectivity index (χ0) is 19.4. The molecule has 0 fully saturated rings. The molecular weight excluding hydrogens is 408 g/mol. The average Bonchev–Trinajstić information content (AvgIpc) is 2.67. The molecule has 3 aromatic carbocycles. The lowest BCUT2D eigenvalue weighted by Gasteiger charge is -2.12. The van der Waals surface area contributed by atoms with E-state index in [2.05, 4.69) is 21.2 Å². The summed E-state index contributed by atoms with van der Waals surface area (Å²) in [6.07, 6.45) is 0. The average molecular weight is 427 g/mol. The van der Waals surface area contributed by atoms with E-state index in [0.29, 0.717) is 17.0 Å². The maximum atomic E-state index is 12.2. The van der Waals surface area contributed by atoms with E-state index >= 15 is 0 Å². The van der Waals surface area contributed by atoms with Crippen molar-refractivity contribution in [1.29, 1.82) is 0 Å². The molecule has 6 heteroatoms. The van der Waals surface area contributed by atoms with Gasteiger partial charge in [-0.3, -0.25) is 9.59 Å². The first-order valence-electron chi connectivity index (χ1n) is 8.37. The molecule has 0 aliphatic heterocycles. The number of carbonyl (C=O) groups is 2. The van der Waals surface area contributed by atoms with Crippen molar-refractivity contribution in [3.8, 4) is 5.75 Å². The lowest BCUT2D eigenvalue weighted by molar-refractivity contribution is -0.118. The highest BCUT2D eigenvalue weighted by Gasteiger charge is 2.10. The molecule has 0 heterocycles. The van der Waals surface area contributed by atoms with Crippen molar-refractivity contribution in [3.05, 3.63) is 70.7 Å². The van der Waals surface area contributed by atoms with Crippen LogP contribution in [0.4, 0.5) is 5.69 Å². The summed E-state index contributed by atoms with van der Waals surface area (Å²) in [5, 5.41) is 4.88. The van der Waals surface area contributed by atoms with Gasteiger partial charge in [-0.05, 0) is 57.0 Å². The highest BCUT2D eigenvalue weighted by Crippen LogP contribution is 2.33. The molecule has 0 aliphatic carbocycles. The van der Waals surface area contributed by atoms with Crippen LogP contribution in [0.15, 0.2) is 65.1 Å². The Bertz CT molecular complexity index is 984. The molecule has 0 aromatic heterocycles. The SMILES string of the molecule is CN(C)C(=O)c1ccc(NC(=O)COc2ccc3ccccc3c2Br)cc1. The first-order chi connectivity index (χ1) is 13.0. The minimum absolute atomic E-state index is 0.0858. The Kier molecular flexibility index (Phi) is 5.76. The van der Waals surface area contributed by atoms with Crippen LogP contribution in [0.1, 0.15) is 10.4 Å². The van der Waals surface area contributed by atoms with E-state index < -0.39 is 0 Å². The first kappa shape index (κ1) is 18.9. The van der Waals surface area contributed by atoms with E-state index in [-0.39, 0.29) is 18.4 Å². The van der Waals surface area contributed by atoms with Gasteiger partial charge in [0.05, 0.1) is 4.47 Å². The number of hydrogen-bond donors (Lipinski definition) is 1. The van der Waals surface area contributed by atoms with Gasteiger partial charge in [-0.1, -0.05) is 30.3 Å². The summed E-state index contributed by atoms with van der Waals surface area (Å²) in [4.78, 5) is 25.5. The molecule has 5 nitrogen and oxygen atoms in total. The Hall–Kier alpha value is -2.86. The third-order valence-corrected chi connectivity index (χ3v) is 4.83. The van der Waals surface area contributed by atoms with E-state index in [4.69, 9.17) is 4.74 Å². The number of halogens is 1. The van der Waals surface area contributed by atoms with Crippen LogP contribution in [0.2, 0.25) is 0 Å². The van der Waals surface area contributed by atoms with Crippen LogP contribution in [0.3, 0.4) is 0 Å². The lowest BCUT2D eigenvalue weighted by atomic mass is 10.1. The van der Waals surface area contributed by atoms with Gasteiger partial charge in [0.25, 0.3) is 11.8 Å². The van der Waals surface area contributed by atoms with E-state index in [1.54, 1.807) is 38.4 Å². The Morgan fingerprint density at radius 1 is 1.00 bits per heavy atom. The third-order valence-electron chi connectivity index (χ3n) is 4.01. The second-order valence-corrected chi connectivity index (χ2v) is 7.01. The van der Waals surface area contributed by atoms with Crippen LogP contribution in [0.5, 0.6) is 5.75 Å². The number of anilines is 1. The zero-order valence-electron chi connectivity index (χ0n) is 15.0. The maximum Gasteiger partial charge on any atom is 0.262 e. The van der Waals surface area contributed by atoms with Gasteiger partial charge < -0.3 is 15.0 Å². The Labute approximate surface area is 166 Å². The van der Waals surface area contributed by atoms with E-state index in [0.717, 1.165) is 15.2 Å². The standard InChI is InChI=1S/C21H19BrN2O3/c1-24(2)21(26)15-7-10-16(11-8-15)23-19(25)13-27-18-12-9-14-5-3-4-6-17(14)20(18)22/h3-12H,13H2,1-2H3,(H,23,25). The van der Waals surface area contributed by atoms with Gasteiger partial charge in [0.2, 0.25) is 0 Å².